The van der Waals surface area contributed by atoms with Crippen LogP contribution in [0.4, 0.5) is 4.79 Å². The minimum Gasteiger partial charge on any atom is -0.469 e. The normalized spacial score (nSPS) is 19.9. The lowest BCUT2D eigenvalue weighted by Gasteiger charge is -2.29. The van der Waals surface area contributed by atoms with Gasteiger partial charge in [-0.2, -0.15) is 0 Å². The Morgan fingerprint density at radius 1 is 1.10 bits per heavy atom. The molecule has 0 radical (unpaired) electrons. The molecule has 1 fully saturated rings. The van der Waals surface area contributed by atoms with Gasteiger partial charge in [0.25, 0.3) is 0 Å². The number of esters is 1. The third-order valence-corrected chi connectivity index (χ3v) is 6.14. The second kappa shape index (κ2) is 11.7. The van der Waals surface area contributed by atoms with Crippen LogP contribution in [-0.4, -0.2) is 37.1 Å². The predicted molar refractivity (Wildman–Crippen MR) is 123 cm³/mol. The fraction of sp³-hybridized carbons (Fsp3) is 0.625. The number of rotatable bonds is 8. The lowest BCUT2D eigenvalue weighted by atomic mass is 9.78. The van der Waals surface area contributed by atoms with E-state index in [1.165, 1.54) is 7.11 Å². The van der Waals surface area contributed by atoms with Crippen molar-refractivity contribution in [2.24, 2.45) is 17.8 Å². The second-order valence-electron chi connectivity index (χ2n) is 9.32. The number of hydrogen-bond donors (Lipinski definition) is 1. The van der Waals surface area contributed by atoms with Crippen LogP contribution in [0.2, 0.25) is 0 Å². The Morgan fingerprint density at radius 3 is 2.26 bits per heavy atom. The van der Waals surface area contributed by atoms with E-state index in [-0.39, 0.29) is 24.1 Å². The molecule has 7 heteroatoms. The zero-order valence-corrected chi connectivity index (χ0v) is 20.5. The Labute approximate surface area is 193 Å². The molecule has 1 aromatic rings. The molecule has 6 nitrogen and oxygen atoms in total. The van der Waals surface area contributed by atoms with E-state index < -0.39 is 17.6 Å². The van der Waals surface area contributed by atoms with Crippen LogP contribution in [0.15, 0.2) is 28.7 Å². The van der Waals surface area contributed by atoms with Gasteiger partial charge in [-0.15, -0.1) is 0 Å². The predicted octanol–water partition coefficient (Wildman–Crippen LogP) is 5.07. The van der Waals surface area contributed by atoms with Gasteiger partial charge in [0, 0.05) is 23.4 Å². The van der Waals surface area contributed by atoms with Gasteiger partial charge in [0.15, 0.2) is 0 Å². The topological polar surface area (TPSA) is 81.7 Å². The SMILES string of the molecule is COC(=O)C(CC(=O)C1CCC(CNC(=O)OC(C)(C)C)CC1)Cc1ccc(Br)cc1. The molecule has 1 N–H and O–H groups in total. The molecule has 0 saturated heterocycles. The van der Waals surface area contributed by atoms with Gasteiger partial charge in [0.05, 0.1) is 13.0 Å². The minimum absolute atomic E-state index is 0.0325. The molecule has 2 rings (SSSR count). The molecule has 0 spiro atoms. The van der Waals surface area contributed by atoms with Gasteiger partial charge in [-0.1, -0.05) is 28.1 Å². The van der Waals surface area contributed by atoms with Crippen LogP contribution >= 0.6 is 15.9 Å². The number of amides is 1. The summed E-state index contributed by atoms with van der Waals surface area (Å²) in [7, 11) is 1.37. The van der Waals surface area contributed by atoms with Crippen LogP contribution in [-0.2, 0) is 25.5 Å². The lowest BCUT2D eigenvalue weighted by molar-refractivity contribution is -0.147. The van der Waals surface area contributed by atoms with Crippen molar-refractivity contribution in [2.75, 3.05) is 13.7 Å². The monoisotopic (exact) mass is 495 g/mol. The van der Waals surface area contributed by atoms with Crippen molar-refractivity contribution in [3.8, 4) is 0 Å². The van der Waals surface area contributed by atoms with Gasteiger partial charge >= 0.3 is 12.1 Å². The van der Waals surface area contributed by atoms with Gasteiger partial charge in [0.1, 0.15) is 11.4 Å². The van der Waals surface area contributed by atoms with Crippen LogP contribution in [0.25, 0.3) is 0 Å². The van der Waals surface area contributed by atoms with Crippen molar-refractivity contribution < 1.29 is 23.9 Å². The highest BCUT2D eigenvalue weighted by molar-refractivity contribution is 9.10. The molecule has 0 heterocycles. The highest BCUT2D eigenvalue weighted by Crippen LogP contribution is 2.31. The standard InChI is InChI=1S/C24H34BrNO5/c1-24(2,3)31-23(29)26-15-17-5-9-18(10-6-17)21(27)14-19(22(28)30-4)13-16-7-11-20(25)12-8-16/h7-8,11-12,17-19H,5-6,9-10,13-15H2,1-4H3,(H,26,29). The number of alkyl carbamates (subject to hydrolysis) is 1. The first-order valence-corrected chi connectivity index (χ1v) is 11.7. The fourth-order valence-electron chi connectivity index (χ4n) is 3.95. The minimum atomic E-state index is -0.513. The summed E-state index contributed by atoms with van der Waals surface area (Å²) in [6.45, 7) is 6.06. The van der Waals surface area contributed by atoms with E-state index in [1.54, 1.807) is 0 Å². The van der Waals surface area contributed by atoms with Crippen LogP contribution < -0.4 is 5.32 Å². The van der Waals surface area contributed by atoms with Crippen LogP contribution in [0.3, 0.4) is 0 Å². The van der Waals surface area contributed by atoms with Crippen molar-refractivity contribution in [1.82, 2.24) is 5.32 Å². The molecule has 31 heavy (non-hydrogen) atoms. The molecule has 172 valence electrons. The van der Waals surface area contributed by atoms with E-state index in [0.717, 1.165) is 35.7 Å². The average Bonchev–Trinajstić information content (AvgIpc) is 2.71. The van der Waals surface area contributed by atoms with Crippen LogP contribution in [0, 0.1) is 17.8 Å². The Balaban J connectivity index is 1.82. The zero-order valence-electron chi connectivity index (χ0n) is 18.9. The van der Waals surface area contributed by atoms with Crippen molar-refractivity contribution in [1.29, 1.82) is 0 Å². The number of carbonyl (C=O) groups excluding carboxylic acids is 3. The van der Waals surface area contributed by atoms with Crippen LogP contribution in [0.5, 0.6) is 0 Å². The number of ketones is 1. The van der Waals surface area contributed by atoms with Crippen molar-refractivity contribution in [3.05, 3.63) is 34.3 Å². The fourth-order valence-corrected chi connectivity index (χ4v) is 4.21. The van der Waals surface area contributed by atoms with Crippen molar-refractivity contribution in [2.45, 2.75) is 64.9 Å². The van der Waals surface area contributed by atoms with E-state index in [1.807, 2.05) is 45.0 Å². The van der Waals surface area contributed by atoms with Gasteiger partial charge < -0.3 is 14.8 Å². The first-order chi connectivity index (χ1) is 14.6. The molecule has 1 amide bonds. The quantitative estimate of drug-likeness (QED) is 0.509. The first-order valence-electron chi connectivity index (χ1n) is 10.9. The lowest BCUT2D eigenvalue weighted by Crippen LogP contribution is -2.36. The number of ether oxygens (including phenoxy) is 2. The van der Waals surface area contributed by atoms with E-state index >= 15 is 0 Å². The average molecular weight is 496 g/mol. The molecule has 1 unspecified atom stereocenters. The largest absolute Gasteiger partial charge is 0.469 e. The van der Waals surface area contributed by atoms with Crippen molar-refractivity contribution >= 4 is 33.8 Å². The number of hydrogen-bond acceptors (Lipinski definition) is 5. The van der Waals surface area contributed by atoms with Gasteiger partial charge in [-0.25, -0.2) is 4.79 Å². The summed E-state index contributed by atoms with van der Waals surface area (Å²) in [6, 6.07) is 7.76. The second-order valence-corrected chi connectivity index (χ2v) is 10.2. The molecular weight excluding hydrogens is 462 g/mol. The Morgan fingerprint density at radius 2 is 1.71 bits per heavy atom. The third kappa shape index (κ3) is 9.01. The molecular formula is C24H34BrNO5. The maximum absolute atomic E-state index is 12.9. The highest BCUT2D eigenvalue weighted by atomic mass is 79.9. The molecule has 1 aliphatic carbocycles. The van der Waals surface area contributed by atoms with Gasteiger partial charge in [-0.05, 0) is 76.5 Å². The summed E-state index contributed by atoms with van der Waals surface area (Å²) in [6.07, 6.45) is 3.61. The number of halogens is 1. The summed E-state index contributed by atoms with van der Waals surface area (Å²) in [5.74, 6) is -0.367. The van der Waals surface area contributed by atoms with Crippen LogP contribution in [0.1, 0.15) is 58.4 Å². The number of carbonyl (C=O) groups is 3. The summed E-state index contributed by atoms with van der Waals surface area (Å²) < 4.78 is 11.2. The van der Waals surface area contributed by atoms with E-state index in [9.17, 15) is 14.4 Å². The number of Topliss-reactive ketones (excluding diaryl/α,β-unsaturated/α-hetero) is 1. The number of nitrogens with one attached hydrogen (secondary N) is 1. The van der Waals surface area contributed by atoms with E-state index in [4.69, 9.17) is 9.47 Å². The van der Waals surface area contributed by atoms with Gasteiger partial charge in [0.2, 0.25) is 0 Å². The Kier molecular flexibility index (Phi) is 9.54. The molecule has 0 aliphatic heterocycles. The van der Waals surface area contributed by atoms with Gasteiger partial charge in [-0.3, -0.25) is 9.59 Å². The number of benzene rings is 1. The third-order valence-electron chi connectivity index (χ3n) is 5.61. The molecule has 0 aromatic heterocycles. The molecule has 1 saturated carbocycles. The number of methoxy groups -OCH3 is 1. The Hall–Kier alpha value is -1.89. The summed E-state index contributed by atoms with van der Waals surface area (Å²) in [5, 5.41) is 2.83. The van der Waals surface area contributed by atoms with E-state index in [0.29, 0.717) is 18.9 Å². The molecule has 1 aromatic carbocycles. The molecule has 1 atom stereocenters. The van der Waals surface area contributed by atoms with E-state index in [2.05, 4.69) is 21.2 Å². The molecule has 0 bridgehead atoms. The summed E-state index contributed by atoms with van der Waals surface area (Å²) in [4.78, 5) is 37.0. The highest BCUT2D eigenvalue weighted by Gasteiger charge is 2.31. The summed E-state index contributed by atoms with van der Waals surface area (Å²) >= 11 is 3.41. The first kappa shape index (κ1) is 25.4. The molecule has 1 aliphatic rings. The smallest absolute Gasteiger partial charge is 0.407 e. The maximum atomic E-state index is 12.9. The maximum Gasteiger partial charge on any atom is 0.407 e. The summed E-state index contributed by atoms with van der Waals surface area (Å²) in [5.41, 5.74) is 0.490. The zero-order chi connectivity index (χ0) is 23.0. The van der Waals surface area contributed by atoms with Crippen molar-refractivity contribution in [3.63, 3.8) is 0 Å². The Bertz CT molecular complexity index is 748.